The number of rotatable bonds is 8. The van der Waals surface area contributed by atoms with Crippen LogP contribution < -0.4 is 5.32 Å². The van der Waals surface area contributed by atoms with Crippen LogP contribution in [0.1, 0.15) is 37.4 Å². The molecule has 2 rings (SSSR count). The largest absolute Gasteiger partial charge is 0.388 e. The molecular formula is C18H28N2O3. The second kappa shape index (κ2) is 8.31. The van der Waals surface area contributed by atoms with E-state index < -0.39 is 6.10 Å². The minimum Gasteiger partial charge on any atom is -0.388 e. The van der Waals surface area contributed by atoms with Crippen LogP contribution in [0.5, 0.6) is 0 Å². The average Bonchev–Trinajstić information content (AvgIpc) is 2.55. The zero-order chi connectivity index (χ0) is 16.7. The zero-order valence-corrected chi connectivity index (χ0v) is 14.1. The van der Waals surface area contributed by atoms with Crippen molar-refractivity contribution in [2.45, 2.75) is 31.8 Å². The number of aliphatic hydroxyl groups excluding tert-OH is 1. The maximum absolute atomic E-state index is 12.2. The molecule has 2 N–H and O–H groups in total. The Morgan fingerprint density at radius 3 is 2.65 bits per heavy atom. The number of hydrogen-bond donors (Lipinski definition) is 2. The molecule has 0 bridgehead atoms. The number of ether oxygens (including phenoxy) is 1. The summed E-state index contributed by atoms with van der Waals surface area (Å²) in [7, 11) is 3.47. The molecule has 0 aliphatic heterocycles. The standard InChI is InChI=1S/C18H28N2O3/c1-20(12-9-16(21)15-7-4-3-5-8-15)17(22)19-13-18(14-23-2)10-6-11-18/h3-5,7-8,16,21H,6,9-14H2,1-2H3,(H,19,22). The third-order valence-corrected chi connectivity index (χ3v) is 4.75. The van der Waals surface area contributed by atoms with Gasteiger partial charge in [-0.05, 0) is 24.8 Å². The second-order valence-corrected chi connectivity index (χ2v) is 6.58. The summed E-state index contributed by atoms with van der Waals surface area (Å²) in [6, 6.07) is 9.44. The minimum absolute atomic E-state index is 0.0901. The van der Waals surface area contributed by atoms with Gasteiger partial charge in [-0.15, -0.1) is 0 Å². The van der Waals surface area contributed by atoms with E-state index in [0.29, 0.717) is 26.1 Å². The molecule has 1 atom stereocenters. The Bertz CT molecular complexity index is 488. The van der Waals surface area contributed by atoms with Gasteiger partial charge < -0.3 is 20.1 Å². The van der Waals surface area contributed by atoms with Crippen molar-refractivity contribution in [3.63, 3.8) is 0 Å². The van der Waals surface area contributed by atoms with Gasteiger partial charge in [0.15, 0.2) is 0 Å². The van der Waals surface area contributed by atoms with Crippen LogP contribution in [0.25, 0.3) is 0 Å². The number of amides is 2. The molecule has 1 aliphatic carbocycles. The van der Waals surface area contributed by atoms with Crippen molar-refractivity contribution in [3.8, 4) is 0 Å². The Balaban J connectivity index is 1.72. The predicted octanol–water partition coefficient (Wildman–Crippen LogP) is 2.57. The first-order valence-electron chi connectivity index (χ1n) is 8.27. The van der Waals surface area contributed by atoms with E-state index in [1.54, 1.807) is 19.1 Å². The lowest BCUT2D eigenvalue weighted by molar-refractivity contribution is 0.0191. The fourth-order valence-corrected chi connectivity index (χ4v) is 3.01. The smallest absolute Gasteiger partial charge is 0.317 e. The van der Waals surface area contributed by atoms with Gasteiger partial charge >= 0.3 is 6.03 Å². The lowest BCUT2D eigenvalue weighted by Gasteiger charge is -2.41. The first kappa shape index (κ1) is 17.8. The summed E-state index contributed by atoms with van der Waals surface area (Å²) in [5.74, 6) is 0. The number of carbonyl (C=O) groups is 1. The summed E-state index contributed by atoms with van der Waals surface area (Å²) in [6.45, 7) is 1.87. The molecule has 0 saturated heterocycles. The van der Waals surface area contributed by atoms with E-state index in [9.17, 15) is 9.90 Å². The Morgan fingerprint density at radius 1 is 1.39 bits per heavy atom. The molecule has 5 heteroatoms. The fraction of sp³-hybridized carbons (Fsp3) is 0.611. The fourth-order valence-electron chi connectivity index (χ4n) is 3.01. The highest BCUT2D eigenvalue weighted by Crippen LogP contribution is 2.40. The third kappa shape index (κ3) is 4.94. The lowest BCUT2D eigenvalue weighted by Crippen LogP contribution is -2.48. The Hall–Kier alpha value is -1.59. The van der Waals surface area contributed by atoms with Gasteiger partial charge in [0.05, 0.1) is 12.7 Å². The summed E-state index contributed by atoms with van der Waals surface area (Å²) < 4.78 is 5.27. The van der Waals surface area contributed by atoms with Crippen LogP contribution >= 0.6 is 0 Å². The van der Waals surface area contributed by atoms with E-state index in [1.165, 1.54) is 6.42 Å². The first-order valence-corrected chi connectivity index (χ1v) is 8.27. The molecule has 2 amide bonds. The van der Waals surface area contributed by atoms with Crippen molar-refractivity contribution in [1.82, 2.24) is 10.2 Å². The van der Waals surface area contributed by atoms with Crippen LogP contribution in [0.2, 0.25) is 0 Å². The SMILES string of the molecule is COCC1(CNC(=O)N(C)CCC(O)c2ccccc2)CCC1. The van der Waals surface area contributed by atoms with Crippen molar-refractivity contribution in [2.75, 3.05) is 33.9 Å². The summed E-state index contributed by atoms with van der Waals surface area (Å²) in [5, 5.41) is 13.2. The monoisotopic (exact) mass is 320 g/mol. The molecule has 1 saturated carbocycles. The molecule has 1 aromatic rings. The molecule has 1 aliphatic rings. The van der Waals surface area contributed by atoms with E-state index in [2.05, 4.69) is 5.32 Å². The first-order chi connectivity index (χ1) is 11.1. The number of nitrogens with zero attached hydrogens (tertiary/aromatic N) is 1. The van der Waals surface area contributed by atoms with Gasteiger partial charge in [0.1, 0.15) is 0 Å². The molecular weight excluding hydrogens is 292 g/mol. The lowest BCUT2D eigenvalue weighted by atomic mass is 9.69. The summed E-state index contributed by atoms with van der Waals surface area (Å²) in [6.07, 6.45) is 3.41. The van der Waals surface area contributed by atoms with Crippen LogP contribution in [-0.4, -0.2) is 49.9 Å². The normalized spacial score (nSPS) is 17.2. The van der Waals surface area contributed by atoms with E-state index in [4.69, 9.17) is 4.74 Å². The molecule has 1 unspecified atom stereocenters. The topological polar surface area (TPSA) is 61.8 Å². The highest BCUT2D eigenvalue weighted by molar-refractivity contribution is 5.73. The molecule has 0 heterocycles. The van der Waals surface area contributed by atoms with Crippen molar-refractivity contribution in [1.29, 1.82) is 0 Å². The number of benzene rings is 1. The molecule has 1 fully saturated rings. The summed E-state index contributed by atoms with van der Waals surface area (Å²) >= 11 is 0. The van der Waals surface area contributed by atoms with Crippen LogP contribution in [0, 0.1) is 5.41 Å². The summed E-state index contributed by atoms with van der Waals surface area (Å²) in [4.78, 5) is 13.8. The highest BCUT2D eigenvalue weighted by atomic mass is 16.5. The van der Waals surface area contributed by atoms with Gasteiger partial charge in [0.25, 0.3) is 0 Å². The maximum Gasteiger partial charge on any atom is 0.317 e. The summed E-state index contributed by atoms with van der Waals surface area (Å²) in [5.41, 5.74) is 1.00. The van der Waals surface area contributed by atoms with Gasteiger partial charge in [0, 0.05) is 32.7 Å². The quantitative estimate of drug-likeness (QED) is 0.774. The third-order valence-electron chi connectivity index (χ3n) is 4.75. The highest BCUT2D eigenvalue weighted by Gasteiger charge is 2.37. The van der Waals surface area contributed by atoms with Crippen LogP contribution in [0.4, 0.5) is 4.79 Å². The van der Waals surface area contributed by atoms with E-state index in [0.717, 1.165) is 18.4 Å². The Labute approximate surface area is 138 Å². The van der Waals surface area contributed by atoms with Crippen molar-refractivity contribution in [3.05, 3.63) is 35.9 Å². The Kier molecular flexibility index (Phi) is 6.42. The minimum atomic E-state index is -0.544. The number of aliphatic hydroxyl groups is 1. The van der Waals surface area contributed by atoms with Crippen molar-refractivity contribution >= 4 is 6.03 Å². The molecule has 0 aromatic heterocycles. The van der Waals surface area contributed by atoms with Crippen molar-refractivity contribution in [2.24, 2.45) is 5.41 Å². The van der Waals surface area contributed by atoms with Gasteiger partial charge in [-0.3, -0.25) is 0 Å². The van der Waals surface area contributed by atoms with E-state index in [-0.39, 0.29) is 11.4 Å². The molecule has 128 valence electrons. The van der Waals surface area contributed by atoms with Crippen LogP contribution in [-0.2, 0) is 4.74 Å². The van der Waals surface area contributed by atoms with Crippen LogP contribution in [0.15, 0.2) is 30.3 Å². The second-order valence-electron chi connectivity index (χ2n) is 6.58. The van der Waals surface area contributed by atoms with E-state index in [1.807, 2.05) is 30.3 Å². The number of urea groups is 1. The maximum atomic E-state index is 12.2. The Morgan fingerprint density at radius 2 is 2.09 bits per heavy atom. The number of methoxy groups -OCH3 is 1. The number of hydrogen-bond acceptors (Lipinski definition) is 3. The van der Waals surface area contributed by atoms with E-state index >= 15 is 0 Å². The van der Waals surface area contributed by atoms with Gasteiger partial charge in [-0.2, -0.15) is 0 Å². The number of nitrogens with one attached hydrogen (secondary N) is 1. The molecule has 23 heavy (non-hydrogen) atoms. The molecule has 5 nitrogen and oxygen atoms in total. The van der Waals surface area contributed by atoms with Gasteiger partial charge in [-0.25, -0.2) is 4.79 Å². The molecule has 0 spiro atoms. The molecule has 1 aromatic carbocycles. The molecule has 0 radical (unpaired) electrons. The predicted molar refractivity (Wildman–Crippen MR) is 90.2 cm³/mol. The average molecular weight is 320 g/mol. The van der Waals surface area contributed by atoms with Gasteiger partial charge in [0.2, 0.25) is 0 Å². The van der Waals surface area contributed by atoms with Crippen molar-refractivity contribution < 1.29 is 14.6 Å². The van der Waals surface area contributed by atoms with Gasteiger partial charge in [-0.1, -0.05) is 36.8 Å². The zero-order valence-electron chi connectivity index (χ0n) is 14.1. The van der Waals surface area contributed by atoms with Crippen LogP contribution in [0.3, 0.4) is 0 Å². The number of carbonyl (C=O) groups excluding carboxylic acids is 1.